The fourth-order valence-corrected chi connectivity index (χ4v) is 3.92. The van der Waals surface area contributed by atoms with Gasteiger partial charge in [-0.3, -0.25) is 5.32 Å². The highest BCUT2D eigenvalue weighted by atomic mass is 19.4. The number of carboxylic acids is 1. The monoisotopic (exact) mass is 499 g/mol. The second-order valence-electron chi connectivity index (χ2n) is 8.28. The maximum atomic E-state index is 13.3. The van der Waals surface area contributed by atoms with Crippen LogP contribution in [0, 0.1) is 17.7 Å². The zero-order valence-corrected chi connectivity index (χ0v) is 18.6. The lowest BCUT2D eigenvalue weighted by atomic mass is 9.83. The average Bonchev–Trinajstić information content (AvgIpc) is 2.79. The molecule has 1 aliphatic rings. The van der Waals surface area contributed by atoms with Gasteiger partial charge in [0.1, 0.15) is 18.2 Å². The number of anilines is 1. The van der Waals surface area contributed by atoms with Crippen LogP contribution < -0.4 is 10.1 Å². The summed E-state index contributed by atoms with van der Waals surface area (Å²) >= 11 is 0. The second-order valence-corrected chi connectivity index (χ2v) is 8.28. The number of benzene rings is 2. The van der Waals surface area contributed by atoms with Crippen molar-refractivity contribution >= 4 is 17.7 Å². The van der Waals surface area contributed by atoms with Gasteiger partial charge in [-0.1, -0.05) is 12.1 Å². The number of nitrogens with one attached hydrogen (secondary N) is 1. The molecule has 0 unspecified atom stereocenters. The molecule has 1 saturated carbocycles. The quantitative estimate of drug-likeness (QED) is 0.421. The highest BCUT2D eigenvalue weighted by Crippen LogP contribution is 2.34. The Morgan fingerprint density at radius 3 is 2.20 bits per heavy atom. The molecule has 0 radical (unpaired) electrons. The molecule has 2 N–H and O–H groups in total. The van der Waals surface area contributed by atoms with Crippen LogP contribution in [0.25, 0.3) is 11.1 Å². The number of hydrogen-bond donors (Lipinski definition) is 2. The van der Waals surface area contributed by atoms with Crippen molar-refractivity contribution < 1.29 is 46.5 Å². The van der Waals surface area contributed by atoms with Crippen molar-refractivity contribution in [2.75, 3.05) is 25.1 Å². The summed E-state index contributed by atoms with van der Waals surface area (Å²) in [5, 5.41) is 11.2. The Balaban J connectivity index is 1.57. The standard InChI is InChI=1S/C24H25F4NO6/c25-18-7-5-17(6-8-18)20-11-19(35-24(26,27)28)9-10-21(20)29-23(32)34-13-16-3-1-15(2-4-16)12-33-14-22(30)31/h5-11,15-16H,1-4,12-14H2,(H,29,32)(H,30,31)/t15-,16-. The third-order valence-corrected chi connectivity index (χ3v) is 5.61. The van der Waals surface area contributed by atoms with Gasteiger partial charge in [-0.25, -0.2) is 14.0 Å². The molecule has 0 aliphatic heterocycles. The Morgan fingerprint density at radius 1 is 0.971 bits per heavy atom. The highest BCUT2D eigenvalue weighted by Gasteiger charge is 2.31. The lowest BCUT2D eigenvalue weighted by Gasteiger charge is -2.27. The van der Waals surface area contributed by atoms with Gasteiger partial charge in [0, 0.05) is 5.56 Å². The number of carbonyl (C=O) groups excluding carboxylic acids is 1. The average molecular weight is 499 g/mol. The van der Waals surface area contributed by atoms with E-state index in [1.54, 1.807) is 0 Å². The molecule has 1 amide bonds. The van der Waals surface area contributed by atoms with Crippen LogP contribution in [0.4, 0.5) is 28.0 Å². The summed E-state index contributed by atoms with van der Waals surface area (Å²) in [7, 11) is 0. The molecular formula is C24H25F4NO6. The van der Waals surface area contributed by atoms with Crippen LogP contribution in [-0.2, 0) is 14.3 Å². The number of aliphatic carboxylic acids is 1. The van der Waals surface area contributed by atoms with E-state index in [0.717, 1.165) is 49.9 Å². The minimum atomic E-state index is -4.89. The molecule has 7 nitrogen and oxygen atoms in total. The lowest BCUT2D eigenvalue weighted by Crippen LogP contribution is -2.25. The van der Waals surface area contributed by atoms with E-state index in [-0.39, 0.29) is 36.3 Å². The number of carboxylic acid groups (broad SMARTS) is 1. The molecule has 11 heteroatoms. The van der Waals surface area contributed by atoms with E-state index in [1.807, 2.05) is 0 Å². The van der Waals surface area contributed by atoms with Gasteiger partial charge in [0.05, 0.1) is 18.9 Å². The van der Waals surface area contributed by atoms with E-state index in [9.17, 15) is 27.2 Å². The number of carbonyl (C=O) groups is 2. The van der Waals surface area contributed by atoms with Gasteiger partial charge < -0.3 is 19.3 Å². The molecule has 0 saturated heterocycles. The summed E-state index contributed by atoms with van der Waals surface area (Å²) in [6, 6.07) is 8.46. The largest absolute Gasteiger partial charge is 0.573 e. The predicted octanol–water partition coefficient (Wildman–Crippen LogP) is 5.85. The van der Waals surface area contributed by atoms with E-state index in [2.05, 4.69) is 10.1 Å². The topological polar surface area (TPSA) is 94.1 Å². The van der Waals surface area contributed by atoms with Crippen LogP contribution in [0.15, 0.2) is 42.5 Å². The van der Waals surface area contributed by atoms with E-state index in [0.29, 0.717) is 12.2 Å². The van der Waals surface area contributed by atoms with Gasteiger partial charge in [0.2, 0.25) is 0 Å². The van der Waals surface area contributed by atoms with E-state index in [1.165, 1.54) is 18.2 Å². The number of amides is 1. The molecule has 0 bridgehead atoms. The van der Waals surface area contributed by atoms with E-state index < -0.39 is 30.0 Å². The van der Waals surface area contributed by atoms with Crippen LogP contribution >= 0.6 is 0 Å². The fourth-order valence-electron chi connectivity index (χ4n) is 3.92. The van der Waals surface area contributed by atoms with Gasteiger partial charge in [0.15, 0.2) is 0 Å². The van der Waals surface area contributed by atoms with Gasteiger partial charge in [-0.15, -0.1) is 13.2 Å². The number of ether oxygens (including phenoxy) is 3. The Labute approximate surface area is 199 Å². The molecule has 2 aromatic rings. The zero-order valence-electron chi connectivity index (χ0n) is 18.6. The highest BCUT2D eigenvalue weighted by molar-refractivity contribution is 5.92. The van der Waals surface area contributed by atoms with Crippen molar-refractivity contribution in [2.45, 2.75) is 32.0 Å². The SMILES string of the molecule is O=C(O)COC[C@H]1CC[C@H](COC(=O)Nc2ccc(OC(F)(F)F)cc2-c2ccc(F)cc2)CC1. The second kappa shape index (κ2) is 11.9. The molecule has 35 heavy (non-hydrogen) atoms. The summed E-state index contributed by atoms with van der Waals surface area (Å²) in [5.41, 5.74) is 0.749. The van der Waals surface area contributed by atoms with Crippen molar-refractivity contribution in [1.82, 2.24) is 0 Å². The fraction of sp³-hybridized carbons (Fsp3) is 0.417. The molecule has 1 fully saturated rings. The first kappa shape index (κ1) is 26.3. The Hall–Kier alpha value is -3.34. The summed E-state index contributed by atoms with van der Waals surface area (Å²) in [6.07, 6.45) is -2.44. The first-order chi connectivity index (χ1) is 16.6. The van der Waals surface area contributed by atoms with Crippen molar-refractivity contribution in [3.8, 4) is 16.9 Å². The van der Waals surface area contributed by atoms with Gasteiger partial charge >= 0.3 is 18.4 Å². The van der Waals surface area contributed by atoms with Crippen molar-refractivity contribution in [2.24, 2.45) is 11.8 Å². The van der Waals surface area contributed by atoms with Gasteiger partial charge in [-0.05, 0) is 73.4 Å². The molecule has 0 spiro atoms. The van der Waals surface area contributed by atoms with Crippen LogP contribution in [-0.4, -0.2) is 43.4 Å². The molecule has 0 aromatic heterocycles. The normalized spacial score (nSPS) is 18.1. The summed E-state index contributed by atoms with van der Waals surface area (Å²) in [4.78, 5) is 22.9. The van der Waals surface area contributed by atoms with Crippen molar-refractivity contribution in [3.05, 3.63) is 48.3 Å². The number of rotatable bonds is 9. The van der Waals surface area contributed by atoms with Gasteiger partial charge in [-0.2, -0.15) is 0 Å². The Morgan fingerprint density at radius 2 is 1.60 bits per heavy atom. The maximum absolute atomic E-state index is 13.3. The molecular weight excluding hydrogens is 474 g/mol. The molecule has 0 heterocycles. The third-order valence-electron chi connectivity index (χ3n) is 5.61. The van der Waals surface area contributed by atoms with Crippen LogP contribution in [0.5, 0.6) is 5.75 Å². The van der Waals surface area contributed by atoms with E-state index >= 15 is 0 Å². The van der Waals surface area contributed by atoms with Crippen molar-refractivity contribution in [1.29, 1.82) is 0 Å². The zero-order chi connectivity index (χ0) is 25.4. The first-order valence-electron chi connectivity index (χ1n) is 11.0. The minimum absolute atomic E-state index is 0.135. The molecule has 190 valence electrons. The van der Waals surface area contributed by atoms with Crippen LogP contribution in [0.1, 0.15) is 25.7 Å². The molecule has 3 rings (SSSR count). The first-order valence-corrected chi connectivity index (χ1v) is 11.0. The van der Waals surface area contributed by atoms with Crippen LogP contribution in [0.2, 0.25) is 0 Å². The Bertz CT molecular complexity index is 1000. The summed E-state index contributed by atoms with van der Waals surface area (Å²) < 4.78 is 65.7. The Kier molecular flexibility index (Phi) is 8.91. The maximum Gasteiger partial charge on any atom is 0.573 e. The number of alkyl halides is 3. The minimum Gasteiger partial charge on any atom is -0.480 e. The number of hydrogen-bond acceptors (Lipinski definition) is 5. The van der Waals surface area contributed by atoms with E-state index in [4.69, 9.17) is 14.6 Å². The molecule has 2 aromatic carbocycles. The molecule has 1 aliphatic carbocycles. The lowest BCUT2D eigenvalue weighted by molar-refractivity contribution is -0.274. The van der Waals surface area contributed by atoms with Gasteiger partial charge in [0.25, 0.3) is 0 Å². The summed E-state index contributed by atoms with van der Waals surface area (Å²) in [5.74, 6) is -1.62. The van der Waals surface area contributed by atoms with Crippen LogP contribution in [0.3, 0.4) is 0 Å². The number of halogens is 4. The molecule has 0 atom stereocenters. The smallest absolute Gasteiger partial charge is 0.480 e. The predicted molar refractivity (Wildman–Crippen MR) is 117 cm³/mol. The third kappa shape index (κ3) is 8.75. The van der Waals surface area contributed by atoms with Crippen molar-refractivity contribution in [3.63, 3.8) is 0 Å². The summed E-state index contributed by atoms with van der Waals surface area (Å²) in [6.45, 7) is 0.211.